The van der Waals surface area contributed by atoms with Gasteiger partial charge in [0.2, 0.25) is 5.88 Å². The molecule has 1 N–H and O–H groups in total. The molecule has 0 aliphatic carbocycles. The van der Waals surface area contributed by atoms with E-state index in [0.29, 0.717) is 23.4 Å². The summed E-state index contributed by atoms with van der Waals surface area (Å²) in [5, 5.41) is 9.75. The van der Waals surface area contributed by atoms with Gasteiger partial charge < -0.3 is 9.84 Å². The highest BCUT2D eigenvalue weighted by Gasteiger charge is 2.09. The fourth-order valence-electron chi connectivity index (χ4n) is 2.13. The molecule has 21 heavy (non-hydrogen) atoms. The van der Waals surface area contributed by atoms with E-state index in [1.807, 2.05) is 30.3 Å². The number of carboxylic acid groups (broad SMARTS) is 1. The van der Waals surface area contributed by atoms with Crippen molar-refractivity contribution in [3.05, 3.63) is 71.8 Å². The Kier molecular flexibility index (Phi) is 3.51. The SMILES string of the molecule is O=C(O)c1cccc2nc(OCc3ccccc3)ccc12. The fraction of sp³-hybridized carbons (Fsp3) is 0.0588. The number of benzene rings is 2. The molecule has 0 saturated heterocycles. The zero-order chi connectivity index (χ0) is 14.7. The van der Waals surface area contributed by atoms with Crippen LogP contribution in [0.15, 0.2) is 60.7 Å². The van der Waals surface area contributed by atoms with E-state index in [2.05, 4.69) is 4.98 Å². The van der Waals surface area contributed by atoms with Gasteiger partial charge in [-0.1, -0.05) is 36.4 Å². The zero-order valence-electron chi connectivity index (χ0n) is 11.2. The van der Waals surface area contributed by atoms with Crippen molar-refractivity contribution < 1.29 is 14.6 Å². The highest BCUT2D eigenvalue weighted by molar-refractivity contribution is 6.02. The van der Waals surface area contributed by atoms with E-state index in [1.54, 1.807) is 30.3 Å². The Hall–Kier alpha value is -2.88. The first kappa shape index (κ1) is 13.1. The number of fused-ring (bicyclic) bond motifs is 1. The van der Waals surface area contributed by atoms with Crippen molar-refractivity contribution in [1.29, 1.82) is 0 Å². The van der Waals surface area contributed by atoms with E-state index in [0.717, 1.165) is 5.56 Å². The molecule has 3 aromatic rings. The van der Waals surface area contributed by atoms with Crippen molar-refractivity contribution in [2.45, 2.75) is 6.61 Å². The van der Waals surface area contributed by atoms with E-state index in [9.17, 15) is 4.79 Å². The zero-order valence-corrected chi connectivity index (χ0v) is 11.2. The van der Waals surface area contributed by atoms with E-state index < -0.39 is 5.97 Å². The number of carbonyl (C=O) groups is 1. The van der Waals surface area contributed by atoms with Crippen LogP contribution in [0.2, 0.25) is 0 Å². The molecule has 0 radical (unpaired) electrons. The lowest BCUT2D eigenvalue weighted by Crippen LogP contribution is -2.00. The lowest BCUT2D eigenvalue weighted by Gasteiger charge is -2.07. The van der Waals surface area contributed by atoms with Crippen molar-refractivity contribution in [3.63, 3.8) is 0 Å². The Morgan fingerprint density at radius 2 is 1.81 bits per heavy atom. The van der Waals surface area contributed by atoms with Crippen LogP contribution in [-0.2, 0) is 6.61 Å². The van der Waals surface area contributed by atoms with Gasteiger partial charge in [-0.15, -0.1) is 0 Å². The van der Waals surface area contributed by atoms with E-state index in [4.69, 9.17) is 9.84 Å². The molecule has 0 aliphatic heterocycles. The third-order valence-electron chi connectivity index (χ3n) is 3.17. The summed E-state index contributed by atoms with van der Waals surface area (Å²) in [6, 6.07) is 18.2. The van der Waals surface area contributed by atoms with Crippen molar-refractivity contribution in [1.82, 2.24) is 4.98 Å². The minimum atomic E-state index is -0.958. The quantitative estimate of drug-likeness (QED) is 0.794. The molecule has 1 heterocycles. The van der Waals surface area contributed by atoms with Crippen LogP contribution >= 0.6 is 0 Å². The summed E-state index contributed by atoms with van der Waals surface area (Å²) >= 11 is 0. The number of pyridine rings is 1. The molecule has 3 rings (SSSR count). The number of carboxylic acids is 1. The first-order valence-electron chi connectivity index (χ1n) is 6.54. The Bertz CT molecular complexity index is 784. The summed E-state index contributed by atoms with van der Waals surface area (Å²) < 4.78 is 5.64. The van der Waals surface area contributed by atoms with Crippen LogP contribution in [0.1, 0.15) is 15.9 Å². The van der Waals surface area contributed by atoms with Gasteiger partial charge in [-0.3, -0.25) is 0 Å². The molecule has 4 nitrogen and oxygen atoms in total. The normalized spacial score (nSPS) is 10.5. The number of aromatic nitrogens is 1. The maximum Gasteiger partial charge on any atom is 0.336 e. The smallest absolute Gasteiger partial charge is 0.336 e. The van der Waals surface area contributed by atoms with Crippen LogP contribution in [0, 0.1) is 0 Å². The number of nitrogens with zero attached hydrogens (tertiary/aromatic N) is 1. The average molecular weight is 279 g/mol. The topological polar surface area (TPSA) is 59.4 Å². The van der Waals surface area contributed by atoms with Crippen LogP contribution < -0.4 is 4.74 Å². The van der Waals surface area contributed by atoms with Gasteiger partial charge in [-0.25, -0.2) is 9.78 Å². The molecule has 2 aromatic carbocycles. The minimum absolute atomic E-state index is 0.245. The first-order valence-corrected chi connectivity index (χ1v) is 6.54. The maximum atomic E-state index is 11.2. The summed E-state index contributed by atoms with van der Waals surface area (Å²) in [7, 11) is 0. The van der Waals surface area contributed by atoms with Crippen molar-refractivity contribution in [3.8, 4) is 5.88 Å². The van der Waals surface area contributed by atoms with E-state index >= 15 is 0 Å². The van der Waals surface area contributed by atoms with Gasteiger partial charge in [0, 0.05) is 11.5 Å². The van der Waals surface area contributed by atoms with Gasteiger partial charge >= 0.3 is 5.97 Å². The molecule has 0 spiro atoms. The fourth-order valence-corrected chi connectivity index (χ4v) is 2.13. The Morgan fingerprint density at radius 3 is 2.57 bits per heavy atom. The van der Waals surface area contributed by atoms with Crippen molar-refractivity contribution >= 4 is 16.9 Å². The highest BCUT2D eigenvalue weighted by atomic mass is 16.5. The molecule has 0 aliphatic rings. The number of rotatable bonds is 4. The molecular weight excluding hydrogens is 266 g/mol. The van der Waals surface area contributed by atoms with Crippen LogP contribution in [0.3, 0.4) is 0 Å². The van der Waals surface area contributed by atoms with Gasteiger partial charge in [0.25, 0.3) is 0 Å². The monoisotopic (exact) mass is 279 g/mol. The Labute approximate surface area is 121 Å². The van der Waals surface area contributed by atoms with Crippen LogP contribution in [0.4, 0.5) is 0 Å². The molecule has 0 fully saturated rings. The molecule has 1 aromatic heterocycles. The average Bonchev–Trinajstić information content (AvgIpc) is 2.53. The molecule has 0 bridgehead atoms. The summed E-state index contributed by atoms with van der Waals surface area (Å²) in [6.07, 6.45) is 0. The second-order valence-corrected chi connectivity index (χ2v) is 4.60. The molecule has 0 amide bonds. The largest absolute Gasteiger partial charge is 0.478 e. The molecule has 0 unspecified atom stereocenters. The second-order valence-electron chi connectivity index (χ2n) is 4.60. The van der Waals surface area contributed by atoms with E-state index in [-0.39, 0.29) is 5.56 Å². The van der Waals surface area contributed by atoms with Gasteiger partial charge in [-0.2, -0.15) is 0 Å². The molecule has 0 atom stereocenters. The molecular formula is C17H13NO3. The summed E-state index contributed by atoms with van der Waals surface area (Å²) in [6.45, 7) is 0.429. The van der Waals surface area contributed by atoms with Gasteiger partial charge in [-0.05, 0) is 23.8 Å². The maximum absolute atomic E-state index is 11.2. The predicted octanol–water partition coefficient (Wildman–Crippen LogP) is 3.51. The summed E-state index contributed by atoms with van der Waals surface area (Å²) in [4.78, 5) is 15.5. The summed E-state index contributed by atoms with van der Waals surface area (Å²) in [5.74, 6) is -0.478. The van der Waals surface area contributed by atoms with Crippen LogP contribution in [-0.4, -0.2) is 16.1 Å². The Balaban J connectivity index is 1.86. The molecule has 104 valence electrons. The van der Waals surface area contributed by atoms with Gasteiger partial charge in [0.15, 0.2) is 0 Å². The second kappa shape index (κ2) is 5.63. The standard InChI is InChI=1S/C17H13NO3/c19-17(20)14-7-4-8-15-13(14)9-10-16(18-15)21-11-12-5-2-1-3-6-12/h1-10H,11H2,(H,19,20). The number of aromatic carboxylic acids is 1. The third-order valence-corrected chi connectivity index (χ3v) is 3.17. The van der Waals surface area contributed by atoms with E-state index in [1.165, 1.54) is 0 Å². The minimum Gasteiger partial charge on any atom is -0.478 e. The first-order chi connectivity index (χ1) is 10.2. The van der Waals surface area contributed by atoms with Gasteiger partial charge in [0.05, 0.1) is 11.1 Å². The lowest BCUT2D eigenvalue weighted by molar-refractivity contribution is 0.0699. The van der Waals surface area contributed by atoms with Gasteiger partial charge in [0.1, 0.15) is 6.61 Å². The van der Waals surface area contributed by atoms with Crippen molar-refractivity contribution in [2.24, 2.45) is 0 Å². The van der Waals surface area contributed by atoms with Crippen LogP contribution in [0.25, 0.3) is 10.9 Å². The predicted molar refractivity (Wildman–Crippen MR) is 79.5 cm³/mol. The van der Waals surface area contributed by atoms with Crippen molar-refractivity contribution in [2.75, 3.05) is 0 Å². The van der Waals surface area contributed by atoms with Crippen LogP contribution in [0.5, 0.6) is 5.88 Å². The number of hydrogen-bond acceptors (Lipinski definition) is 3. The Morgan fingerprint density at radius 1 is 1.00 bits per heavy atom. The summed E-state index contributed by atoms with van der Waals surface area (Å²) in [5.41, 5.74) is 1.91. The lowest BCUT2D eigenvalue weighted by atomic mass is 10.1. The third kappa shape index (κ3) is 2.84. The molecule has 4 heteroatoms. The highest BCUT2D eigenvalue weighted by Crippen LogP contribution is 2.21. The number of ether oxygens (including phenoxy) is 1. The number of hydrogen-bond donors (Lipinski definition) is 1. The molecule has 0 saturated carbocycles.